The summed E-state index contributed by atoms with van der Waals surface area (Å²) >= 11 is 1.72. The van der Waals surface area contributed by atoms with Crippen molar-refractivity contribution in [2.24, 2.45) is 0 Å². The van der Waals surface area contributed by atoms with Gasteiger partial charge in [-0.2, -0.15) is 0 Å². The Hall–Kier alpha value is -1.29. The largest absolute Gasteiger partial charge is 0.357 e. The van der Waals surface area contributed by atoms with Crippen LogP contribution in [0, 0.1) is 0 Å². The molecule has 2 rings (SSSR count). The second-order valence-electron chi connectivity index (χ2n) is 2.14. The van der Waals surface area contributed by atoms with Crippen LogP contribution in [0.5, 0.6) is 0 Å². The van der Waals surface area contributed by atoms with E-state index in [2.05, 4.69) is 15.0 Å². The minimum absolute atomic E-state index is 1.22. The Morgan fingerprint density at radius 1 is 1.23 bits per heavy atom. The molecule has 4 heteroatoms. The molecule has 1 N–H and O–H groups in total. The molecule has 13 heavy (non-hydrogen) atoms. The van der Waals surface area contributed by atoms with Crippen LogP contribution in [0.3, 0.4) is 0 Å². The molecule has 0 fully saturated rings. The molecule has 0 radical (unpaired) electrons. The van der Waals surface area contributed by atoms with E-state index >= 15 is 0 Å². The van der Waals surface area contributed by atoms with Crippen LogP contribution >= 0.6 is 11.8 Å². The first kappa shape index (κ1) is 9.80. The number of thioether (sulfide) groups is 1. The summed E-state index contributed by atoms with van der Waals surface area (Å²) in [4.78, 5) is 10.4. The molecule has 0 saturated carbocycles. The average molecular weight is 193 g/mol. The number of H-pyrrole nitrogens is 1. The smallest absolute Gasteiger partial charge is 0.115 e. The molecule has 0 atom stereocenters. The van der Waals surface area contributed by atoms with Gasteiger partial charge >= 0.3 is 0 Å². The fraction of sp³-hybridized carbons (Fsp3) is 0.111. The van der Waals surface area contributed by atoms with E-state index in [9.17, 15) is 0 Å². The highest BCUT2D eigenvalue weighted by Gasteiger charge is 1.81. The molecule has 68 valence electrons. The monoisotopic (exact) mass is 193 g/mol. The topological polar surface area (TPSA) is 41.6 Å². The van der Waals surface area contributed by atoms with Crippen LogP contribution < -0.4 is 0 Å². The summed E-state index contributed by atoms with van der Waals surface area (Å²) in [6.45, 7) is 0. The minimum atomic E-state index is 1.22. The summed E-state index contributed by atoms with van der Waals surface area (Å²) < 4.78 is 0. The molecule has 0 spiro atoms. The van der Waals surface area contributed by atoms with Crippen molar-refractivity contribution < 1.29 is 0 Å². The number of nitrogens with zero attached hydrogens (tertiary/aromatic N) is 2. The number of nitrogens with one attached hydrogen (secondary N) is 1. The quantitative estimate of drug-likeness (QED) is 0.706. The van der Waals surface area contributed by atoms with Crippen LogP contribution in [0.2, 0.25) is 0 Å². The van der Waals surface area contributed by atoms with E-state index in [1.807, 2.05) is 24.6 Å². The Morgan fingerprint density at radius 3 is 2.23 bits per heavy atom. The Kier molecular flexibility index (Phi) is 4.71. The lowest BCUT2D eigenvalue weighted by Crippen LogP contribution is -1.66. The lowest BCUT2D eigenvalue weighted by Gasteiger charge is -1.81. The number of hydrogen-bond acceptors (Lipinski definition) is 3. The standard InChI is InChI=1S/C5H7NS.C4H4N2/c1-7-5-3-2-4-6-5;1-2-5-4-6-3-1/h2-4,6H,1H3;1-4H. The maximum Gasteiger partial charge on any atom is 0.115 e. The van der Waals surface area contributed by atoms with Crippen molar-refractivity contribution >= 4 is 11.8 Å². The maximum absolute atomic E-state index is 3.67. The van der Waals surface area contributed by atoms with Gasteiger partial charge in [-0.3, -0.25) is 0 Å². The van der Waals surface area contributed by atoms with Gasteiger partial charge in [0.05, 0.1) is 5.03 Å². The molecular weight excluding hydrogens is 182 g/mol. The van der Waals surface area contributed by atoms with E-state index in [0.717, 1.165) is 0 Å². The number of hydrogen-bond donors (Lipinski definition) is 1. The van der Waals surface area contributed by atoms with Gasteiger partial charge in [0.25, 0.3) is 0 Å². The third kappa shape index (κ3) is 4.32. The highest BCUT2D eigenvalue weighted by Crippen LogP contribution is 2.08. The van der Waals surface area contributed by atoms with Crippen molar-refractivity contribution in [3.63, 3.8) is 0 Å². The van der Waals surface area contributed by atoms with Crippen molar-refractivity contribution in [3.05, 3.63) is 43.1 Å². The van der Waals surface area contributed by atoms with Crippen molar-refractivity contribution in [1.29, 1.82) is 0 Å². The molecule has 2 heterocycles. The zero-order valence-corrected chi connectivity index (χ0v) is 8.16. The Balaban J connectivity index is 0.000000132. The predicted octanol–water partition coefficient (Wildman–Crippen LogP) is 2.21. The molecule has 0 aromatic carbocycles. The minimum Gasteiger partial charge on any atom is -0.357 e. The molecule has 3 nitrogen and oxygen atoms in total. The summed E-state index contributed by atoms with van der Waals surface area (Å²) in [7, 11) is 0. The predicted molar refractivity (Wildman–Crippen MR) is 54.6 cm³/mol. The zero-order chi connectivity index (χ0) is 9.36. The van der Waals surface area contributed by atoms with E-state index in [4.69, 9.17) is 0 Å². The van der Waals surface area contributed by atoms with E-state index in [0.29, 0.717) is 0 Å². The molecule has 0 amide bonds. The highest BCUT2D eigenvalue weighted by molar-refractivity contribution is 7.98. The third-order valence-corrected chi connectivity index (χ3v) is 1.96. The first-order chi connectivity index (χ1) is 6.43. The summed E-state index contributed by atoms with van der Waals surface area (Å²) in [6.07, 6.45) is 8.84. The van der Waals surface area contributed by atoms with Crippen LogP contribution in [0.15, 0.2) is 48.1 Å². The van der Waals surface area contributed by atoms with Gasteiger partial charge in [-0.05, 0) is 24.5 Å². The lowest BCUT2D eigenvalue weighted by atomic mass is 10.7. The first-order valence-corrected chi connectivity index (χ1v) is 5.03. The number of rotatable bonds is 1. The molecule has 0 unspecified atom stereocenters. The maximum atomic E-state index is 3.67. The molecule has 0 bridgehead atoms. The van der Waals surface area contributed by atoms with Crippen molar-refractivity contribution in [3.8, 4) is 0 Å². The summed E-state index contributed by atoms with van der Waals surface area (Å²) in [5.41, 5.74) is 0. The van der Waals surface area contributed by atoms with Crippen molar-refractivity contribution in [2.45, 2.75) is 5.03 Å². The van der Waals surface area contributed by atoms with Crippen molar-refractivity contribution in [2.75, 3.05) is 6.26 Å². The van der Waals surface area contributed by atoms with Crippen LogP contribution in [-0.2, 0) is 0 Å². The third-order valence-electron chi connectivity index (χ3n) is 1.27. The molecule has 0 aliphatic rings. The zero-order valence-electron chi connectivity index (χ0n) is 7.34. The van der Waals surface area contributed by atoms with E-state index in [-0.39, 0.29) is 0 Å². The number of aromatic amines is 1. The van der Waals surface area contributed by atoms with Gasteiger partial charge in [0.1, 0.15) is 6.33 Å². The van der Waals surface area contributed by atoms with Crippen LogP contribution in [-0.4, -0.2) is 21.2 Å². The van der Waals surface area contributed by atoms with Crippen molar-refractivity contribution in [1.82, 2.24) is 15.0 Å². The summed E-state index contributed by atoms with van der Waals surface area (Å²) in [5, 5.41) is 1.22. The Morgan fingerprint density at radius 2 is 2.00 bits per heavy atom. The van der Waals surface area contributed by atoms with Gasteiger partial charge in [0.15, 0.2) is 0 Å². The molecule has 0 aliphatic carbocycles. The van der Waals surface area contributed by atoms with Gasteiger partial charge in [0.2, 0.25) is 0 Å². The molecule has 2 aromatic heterocycles. The fourth-order valence-corrected chi connectivity index (χ4v) is 1.09. The summed E-state index contributed by atoms with van der Waals surface area (Å²) in [6, 6.07) is 5.82. The van der Waals surface area contributed by atoms with Gasteiger partial charge < -0.3 is 4.98 Å². The van der Waals surface area contributed by atoms with Crippen LogP contribution in [0.25, 0.3) is 0 Å². The highest BCUT2D eigenvalue weighted by atomic mass is 32.2. The van der Waals surface area contributed by atoms with Gasteiger partial charge in [-0.25, -0.2) is 9.97 Å². The van der Waals surface area contributed by atoms with Crippen LogP contribution in [0.4, 0.5) is 0 Å². The molecule has 0 aliphatic heterocycles. The normalized spacial score (nSPS) is 8.69. The van der Waals surface area contributed by atoms with E-state index in [1.165, 1.54) is 11.4 Å². The average Bonchev–Trinajstić information content (AvgIpc) is 2.74. The fourth-order valence-electron chi connectivity index (χ4n) is 0.694. The number of aromatic nitrogens is 3. The molecule has 0 saturated heterocycles. The van der Waals surface area contributed by atoms with Gasteiger partial charge in [-0.1, -0.05) is 0 Å². The van der Waals surface area contributed by atoms with Gasteiger partial charge in [0, 0.05) is 18.6 Å². The second kappa shape index (κ2) is 6.25. The van der Waals surface area contributed by atoms with E-state index < -0.39 is 0 Å². The van der Waals surface area contributed by atoms with E-state index in [1.54, 1.807) is 30.2 Å². The first-order valence-electron chi connectivity index (χ1n) is 3.81. The van der Waals surface area contributed by atoms with Gasteiger partial charge in [-0.15, -0.1) is 11.8 Å². The molecular formula is C9H11N3S. The molecule has 2 aromatic rings. The lowest BCUT2D eigenvalue weighted by molar-refractivity contribution is 1.17. The second-order valence-corrected chi connectivity index (χ2v) is 2.99. The van der Waals surface area contributed by atoms with Crippen LogP contribution in [0.1, 0.15) is 0 Å². The Labute approximate surface area is 81.6 Å². The SMILES string of the molecule is CSc1ccc[nH]1.c1cncnc1. The Bertz CT molecular complexity index is 267. The summed E-state index contributed by atoms with van der Waals surface area (Å²) in [5.74, 6) is 0.